The van der Waals surface area contributed by atoms with Crippen molar-refractivity contribution in [2.24, 2.45) is 0 Å². The van der Waals surface area contributed by atoms with Crippen LogP contribution < -0.4 is 5.32 Å². The van der Waals surface area contributed by atoms with Crippen LogP contribution >= 0.6 is 15.9 Å². The zero-order chi connectivity index (χ0) is 12.4. The number of halogens is 1. The predicted octanol–water partition coefficient (Wildman–Crippen LogP) is 3.82. The van der Waals surface area contributed by atoms with E-state index in [1.807, 2.05) is 7.05 Å². The Labute approximate surface area is 111 Å². The van der Waals surface area contributed by atoms with Gasteiger partial charge in [-0.2, -0.15) is 0 Å². The van der Waals surface area contributed by atoms with E-state index in [2.05, 4.69) is 58.3 Å². The van der Waals surface area contributed by atoms with Crippen molar-refractivity contribution in [3.63, 3.8) is 0 Å². The molecule has 0 aliphatic heterocycles. The Hall–Kier alpha value is -0.800. The number of rotatable bonds is 4. The van der Waals surface area contributed by atoms with Crippen molar-refractivity contribution in [2.75, 3.05) is 13.6 Å². The van der Waals surface area contributed by atoms with E-state index in [1.54, 1.807) is 0 Å². The molecule has 0 radical (unpaired) electrons. The van der Waals surface area contributed by atoms with Gasteiger partial charge in [0.1, 0.15) is 0 Å². The Morgan fingerprint density at radius 3 is 2.76 bits per heavy atom. The molecular formula is C14H19BrN2. The maximum atomic E-state index is 3.71. The molecule has 3 heteroatoms. The molecule has 1 aromatic carbocycles. The van der Waals surface area contributed by atoms with Gasteiger partial charge in [0, 0.05) is 34.0 Å². The van der Waals surface area contributed by atoms with Gasteiger partial charge in [-0.15, -0.1) is 0 Å². The highest BCUT2D eigenvalue weighted by molar-refractivity contribution is 9.10. The summed E-state index contributed by atoms with van der Waals surface area (Å²) in [6.45, 7) is 5.44. The molecule has 0 unspecified atom stereocenters. The zero-order valence-corrected chi connectivity index (χ0v) is 12.2. The SMILES string of the molecule is CNCCc1[nH]c2ccc(C(C)C)cc2c1Br. The molecule has 0 fully saturated rings. The molecule has 0 aliphatic carbocycles. The van der Waals surface area contributed by atoms with Crippen LogP contribution in [0, 0.1) is 0 Å². The molecule has 0 spiro atoms. The van der Waals surface area contributed by atoms with E-state index in [0.29, 0.717) is 5.92 Å². The molecule has 0 bridgehead atoms. The number of H-pyrrole nitrogens is 1. The Bertz CT molecular complexity index is 514. The summed E-state index contributed by atoms with van der Waals surface area (Å²) in [5.74, 6) is 0.571. The molecule has 0 atom stereocenters. The standard InChI is InChI=1S/C14H19BrN2/c1-9(2)10-4-5-12-11(8-10)14(15)13(17-12)6-7-16-3/h4-5,8-9,16-17H,6-7H2,1-3H3. The minimum Gasteiger partial charge on any atom is -0.357 e. The van der Waals surface area contributed by atoms with Gasteiger partial charge in [-0.25, -0.2) is 0 Å². The molecule has 1 aromatic heterocycles. The topological polar surface area (TPSA) is 27.8 Å². The van der Waals surface area contributed by atoms with Crippen molar-refractivity contribution >= 4 is 26.8 Å². The first kappa shape index (κ1) is 12.7. The first-order chi connectivity index (χ1) is 8.13. The summed E-state index contributed by atoms with van der Waals surface area (Å²) < 4.78 is 1.21. The van der Waals surface area contributed by atoms with Gasteiger partial charge < -0.3 is 10.3 Å². The molecule has 2 aromatic rings. The lowest BCUT2D eigenvalue weighted by atomic mass is 10.0. The van der Waals surface area contributed by atoms with Gasteiger partial charge in [0.15, 0.2) is 0 Å². The monoisotopic (exact) mass is 294 g/mol. The summed E-state index contributed by atoms with van der Waals surface area (Å²) in [6, 6.07) is 6.67. The van der Waals surface area contributed by atoms with E-state index in [1.165, 1.54) is 26.6 Å². The molecule has 17 heavy (non-hydrogen) atoms. The number of fused-ring (bicyclic) bond motifs is 1. The van der Waals surface area contributed by atoms with Crippen molar-refractivity contribution in [3.8, 4) is 0 Å². The normalized spacial score (nSPS) is 11.6. The number of nitrogens with one attached hydrogen (secondary N) is 2. The van der Waals surface area contributed by atoms with E-state index in [9.17, 15) is 0 Å². The summed E-state index contributed by atoms with van der Waals surface area (Å²) in [7, 11) is 1.98. The van der Waals surface area contributed by atoms with Gasteiger partial charge in [-0.05, 0) is 46.6 Å². The molecule has 0 amide bonds. The van der Waals surface area contributed by atoms with Crippen LogP contribution in [-0.4, -0.2) is 18.6 Å². The van der Waals surface area contributed by atoms with Crippen molar-refractivity contribution in [2.45, 2.75) is 26.2 Å². The van der Waals surface area contributed by atoms with Crippen LogP contribution in [-0.2, 0) is 6.42 Å². The summed E-state index contributed by atoms with van der Waals surface area (Å²) in [5, 5.41) is 4.47. The number of hydrogen-bond acceptors (Lipinski definition) is 1. The lowest BCUT2D eigenvalue weighted by molar-refractivity contribution is 0.779. The fourth-order valence-corrected chi connectivity index (χ4v) is 2.64. The Morgan fingerprint density at radius 1 is 1.35 bits per heavy atom. The maximum Gasteiger partial charge on any atom is 0.0468 e. The lowest BCUT2D eigenvalue weighted by Crippen LogP contribution is -2.10. The van der Waals surface area contributed by atoms with E-state index in [0.717, 1.165) is 13.0 Å². The number of aromatic amines is 1. The van der Waals surface area contributed by atoms with Crippen LogP contribution in [0.2, 0.25) is 0 Å². The summed E-state index contributed by atoms with van der Waals surface area (Å²) in [5.41, 5.74) is 3.88. The number of benzene rings is 1. The van der Waals surface area contributed by atoms with Crippen LogP contribution in [0.25, 0.3) is 10.9 Å². The van der Waals surface area contributed by atoms with Gasteiger partial charge >= 0.3 is 0 Å². The van der Waals surface area contributed by atoms with Crippen molar-refractivity contribution < 1.29 is 0 Å². The first-order valence-electron chi connectivity index (χ1n) is 6.08. The van der Waals surface area contributed by atoms with Gasteiger partial charge in [0.25, 0.3) is 0 Å². The Morgan fingerprint density at radius 2 is 2.12 bits per heavy atom. The van der Waals surface area contributed by atoms with E-state index >= 15 is 0 Å². The zero-order valence-electron chi connectivity index (χ0n) is 10.6. The molecular weight excluding hydrogens is 276 g/mol. The van der Waals surface area contributed by atoms with E-state index in [4.69, 9.17) is 0 Å². The fraction of sp³-hybridized carbons (Fsp3) is 0.429. The second-order valence-corrected chi connectivity index (χ2v) is 5.52. The van der Waals surface area contributed by atoms with E-state index < -0.39 is 0 Å². The number of aromatic nitrogens is 1. The van der Waals surface area contributed by atoms with Crippen LogP contribution in [0.5, 0.6) is 0 Å². The maximum absolute atomic E-state index is 3.71. The third-order valence-electron chi connectivity index (χ3n) is 3.12. The van der Waals surface area contributed by atoms with E-state index in [-0.39, 0.29) is 0 Å². The highest BCUT2D eigenvalue weighted by Gasteiger charge is 2.10. The van der Waals surface area contributed by atoms with Gasteiger partial charge in [-0.1, -0.05) is 19.9 Å². The highest BCUT2D eigenvalue weighted by atomic mass is 79.9. The molecule has 2 N–H and O–H groups in total. The molecule has 0 saturated carbocycles. The second-order valence-electron chi connectivity index (χ2n) is 4.73. The average Bonchev–Trinajstić information content (AvgIpc) is 2.63. The minimum atomic E-state index is 0.571. The number of hydrogen-bond donors (Lipinski definition) is 2. The largest absolute Gasteiger partial charge is 0.357 e. The molecule has 92 valence electrons. The van der Waals surface area contributed by atoms with Gasteiger partial charge in [-0.3, -0.25) is 0 Å². The fourth-order valence-electron chi connectivity index (χ4n) is 2.01. The number of likely N-dealkylation sites (N-methyl/N-ethyl adjacent to an activating group) is 1. The third kappa shape index (κ3) is 2.55. The minimum absolute atomic E-state index is 0.571. The van der Waals surface area contributed by atoms with Crippen LogP contribution in [0.1, 0.15) is 31.0 Å². The van der Waals surface area contributed by atoms with Crippen LogP contribution in [0.15, 0.2) is 22.7 Å². The predicted molar refractivity (Wildman–Crippen MR) is 77.7 cm³/mol. The molecule has 2 nitrogen and oxygen atoms in total. The summed E-state index contributed by atoms with van der Waals surface area (Å²) in [4.78, 5) is 3.48. The second kappa shape index (κ2) is 5.23. The van der Waals surface area contributed by atoms with Gasteiger partial charge in [0.05, 0.1) is 0 Å². The first-order valence-corrected chi connectivity index (χ1v) is 6.87. The lowest BCUT2D eigenvalue weighted by Gasteiger charge is -2.04. The summed E-state index contributed by atoms with van der Waals surface area (Å²) in [6.07, 6.45) is 1.02. The third-order valence-corrected chi connectivity index (χ3v) is 4.03. The quantitative estimate of drug-likeness (QED) is 0.882. The molecule has 1 heterocycles. The smallest absolute Gasteiger partial charge is 0.0468 e. The highest BCUT2D eigenvalue weighted by Crippen LogP contribution is 2.30. The van der Waals surface area contributed by atoms with Crippen molar-refractivity contribution in [1.82, 2.24) is 10.3 Å². The van der Waals surface area contributed by atoms with Crippen LogP contribution in [0.4, 0.5) is 0 Å². The molecule has 0 aliphatic rings. The summed E-state index contributed by atoms with van der Waals surface area (Å²) >= 11 is 3.71. The van der Waals surface area contributed by atoms with Crippen molar-refractivity contribution in [1.29, 1.82) is 0 Å². The van der Waals surface area contributed by atoms with Crippen molar-refractivity contribution in [3.05, 3.63) is 33.9 Å². The Kier molecular flexibility index (Phi) is 3.89. The molecule has 0 saturated heterocycles. The van der Waals surface area contributed by atoms with Gasteiger partial charge in [0.2, 0.25) is 0 Å². The van der Waals surface area contributed by atoms with Crippen LogP contribution in [0.3, 0.4) is 0 Å². The Balaban J connectivity index is 2.43. The molecule has 2 rings (SSSR count). The average molecular weight is 295 g/mol.